The Hall–Kier alpha value is -7.56. The molecule has 3 nitrogen and oxygen atoms in total. The summed E-state index contributed by atoms with van der Waals surface area (Å²) in [6.07, 6.45) is 2.37. The molecule has 370 valence electrons. The molecule has 0 fully saturated rings. The third kappa shape index (κ3) is 5.55. The number of fused-ring (bicyclic) bond motifs is 20. The van der Waals surface area contributed by atoms with Crippen molar-refractivity contribution in [2.75, 3.05) is 4.81 Å². The number of para-hydroxylation sites is 1. The molecule has 2 aromatic heterocycles. The first-order valence-electron chi connectivity index (χ1n) is 27.9. The van der Waals surface area contributed by atoms with Gasteiger partial charge >= 0.3 is 6.85 Å². The SMILES string of the molecule is CC(C)(C)c1ccc2c(c1)c1c3c(oc4ccccc43)c3c4c1n2-c1cc2c(cc1B4N(c1ccc(-c4ccccc4)cc1)c1cc4c(cc1-3)-c1cc3c(cc1C4(C)C)C(C)(C)CCC3(C)C)C(C)(C)c1ccccc1-2. The quantitative estimate of drug-likeness (QED) is 0.161. The van der Waals surface area contributed by atoms with Crippen LogP contribution in [-0.2, 0) is 27.1 Å². The van der Waals surface area contributed by atoms with Gasteiger partial charge in [-0.15, -0.1) is 0 Å². The Morgan fingerprint density at radius 1 is 0.487 bits per heavy atom. The summed E-state index contributed by atoms with van der Waals surface area (Å²) in [5.74, 6) is 0. The molecule has 0 saturated carbocycles. The highest BCUT2D eigenvalue weighted by Gasteiger charge is 2.50. The van der Waals surface area contributed by atoms with Crippen LogP contribution in [0, 0.1) is 0 Å². The van der Waals surface area contributed by atoms with E-state index < -0.39 is 0 Å². The van der Waals surface area contributed by atoms with Gasteiger partial charge in [0.05, 0.1) is 11.0 Å². The van der Waals surface area contributed by atoms with Crippen LogP contribution < -0.4 is 15.7 Å². The maximum absolute atomic E-state index is 7.51. The highest BCUT2D eigenvalue weighted by atomic mass is 16.3. The fraction of sp³-hybridized carbons (Fsp3) is 0.250. The summed E-state index contributed by atoms with van der Waals surface area (Å²) >= 11 is 0. The second-order valence-electron chi connectivity index (χ2n) is 26.7. The molecule has 0 amide bonds. The van der Waals surface area contributed by atoms with Crippen LogP contribution in [0.1, 0.15) is 128 Å². The molecule has 0 saturated heterocycles. The lowest BCUT2D eigenvalue weighted by atomic mass is 9.43. The Kier molecular flexibility index (Phi) is 8.40. The molecule has 2 aliphatic heterocycles. The Labute approximate surface area is 447 Å². The molecule has 5 aliphatic rings. The maximum Gasteiger partial charge on any atom is 0.333 e. The molecule has 16 rings (SSSR count). The predicted molar refractivity (Wildman–Crippen MR) is 322 cm³/mol. The summed E-state index contributed by atoms with van der Waals surface area (Å²) < 4.78 is 10.2. The van der Waals surface area contributed by atoms with Gasteiger partial charge in [0.15, 0.2) is 0 Å². The van der Waals surface area contributed by atoms with E-state index in [2.05, 4.69) is 243 Å². The Bertz CT molecular complexity index is 4430. The lowest BCUT2D eigenvalue weighted by Crippen LogP contribution is -2.60. The van der Waals surface area contributed by atoms with Crippen LogP contribution in [0.15, 0.2) is 162 Å². The zero-order valence-electron chi connectivity index (χ0n) is 45.8. The average molecular weight is 983 g/mol. The van der Waals surface area contributed by atoms with Gasteiger partial charge in [0, 0.05) is 60.6 Å². The van der Waals surface area contributed by atoms with Gasteiger partial charge < -0.3 is 13.8 Å². The van der Waals surface area contributed by atoms with Crippen molar-refractivity contribution in [1.29, 1.82) is 0 Å². The van der Waals surface area contributed by atoms with Gasteiger partial charge in [-0.3, -0.25) is 0 Å². The first kappa shape index (κ1) is 44.7. The van der Waals surface area contributed by atoms with Crippen LogP contribution in [0.2, 0.25) is 0 Å². The first-order valence-corrected chi connectivity index (χ1v) is 27.9. The molecule has 0 bridgehead atoms. The fourth-order valence-electron chi connectivity index (χ4n) is 15.4. The van der Waals surface area contributed by atoms with Crippen LogP contribution in [0.5, 0.6) is 0 Å². The molecule has 3 aliphatic carbocycles. The molecule has 0 radical (unpaired) electrons. The van der Waals surface area contributed by atoms with E-state index in [1.54, 1.807) is 0 Å². The molecule has 0 spiro atoms. The van der Waals surface area contributed by atoms with Gasteiger partial charge in [0.1, 0.15) is 11.2 Å². The highest BCUT2D eigenvalue weighted by molar-refractivity contribution is 6.94. The van der Waals surface area contributed by atoms with Crippen molar-refractivity contribution < 1.29 is 4.42 Å². The summed E-state index contributed by atoms with van der Waals surface area (Å²) in [5.41, 5.74) is 30.7. The minimum absolute atomic E-state index is 0.0541. The van der Waals surface area contributed by atoms with E-state index >= 15 is 0 Å². The van der Waals surface area contributed by atoms with Gasteiger partial charge in [-0.25, -0.2) is 0 Å². The molecule has 4 heteroatoms. The van der Waals surface area contributed by atoms with Gasteiger partial charge in [-0.1, -0.05) is 179 Å². The second kappa shape index (κ2) is 14.3. The zero-order chi connectivity index (χ0) is 51.9. The van der Waals surface area contributed by atoms with Crippen molar-refractivity contribution in [3.8, 4) is 50.2 Å². The number of hydrogen-bond donors (Lipinski definition) is 0. The van der Waals surface area contributed by atoms with Crippen LogP contribution in [0.3, 0.4) is 0 Å². The summed E-state index contributed by atoms with van der Waals surface area (Å²) in [6.45, 7) is 26.5. The second-order valence-corrected chi connectivity index (χ2v) is 26.7. The normalized spacial score (nSPS) is 17.4. The lowest BCUT2D eigenvalue weighted by molar-refractivity contribution is 0.331. The number of aromatic nitrogens is 1. The standard InChI is InChI=1S/C72H63BN2O/c1-68(2,3)42-27-30-58-49(33-42)62-63-45-22-16-18-24-61(45)76-67(63)64-50-34-46-47-35-55-56(70(6,7)32-31-69(55,4)5)37-52(47)72(10,11)54(46)39-59(50)75(43-28-25-41(26-29-43)40-19-13-12-14-20-40)73-57-38-53-48(36-60(57)74(58)66(62)65(64)73)44-21-15-17-23-51(44)71(53,8)9/h12-30,33-39H,31-32H2,1-11H3. The van der Waals surface area contributed by atoms with Crippen molar-refractivity contribution in [2.45, 2.75) is 116 Å². The Balaban J connectivity index is 1.10. The molecule has 9 aromatic carbocycles. The van der Waals surface area contributed by atoms with E-state index in [1.165, 1.54) is 151 Å². The van der Waals surface area contributed by atoms with Crippen molar-refractivity contribution in [3.63, 3.8) is 0 Å². The molecule has 0 N–H and O–H groups in total. The van der Waals surface area contributed by atoms with E-state index in [4.69, 9.17) is 4.42 Å². The smallest absolute Gasteiger partial charge is 0.333 e. The van der Waals surface area contributed by atoms with E-state index in [0.29, 0.717) is 0 Å². The van der Waals surface area contributed by atoms with E-state index in [0.717, 1.165) is 16.6 Å². The third-order valence-electron chi connectivity index (χ3n) is 19.8. The van der Waals surface area contributed by atoms with Gasteiger partial charge in [0.25, 0.3) is 0 Å². The van der Waals surface area contributed by atoms with E-state index in [-0.39, 0.29) is 33.9 Å². The molecule has 4 heterocycles. The number of furan rings is 1. The van der Waals surface area contributed by atoms with Gasteiger partial charge in [0.2, 0.25) is 0 Å². The molecular weight excluding hydrogens is 920 g/mol. The van der Waals surface area contributed by atoms with Crippen molar-refractivity contribution in [1.82, 2.24) is 4.57 Å². The van der Waals surface area contributed by atoms with Crippen molar-refractivity contribution >= 4 is 72.9 Å². The van der Waals surface area contributed by atoms with Crippen LogP contribution >= 0.6 is 0 Å². The molecule has 76 heavy (non-hydrogen) atoms. The Morgan fingerprint density at radius 2 is 1.12 bits per heavy atom. The maximum atomic E-state index is 7.51. The van der Waals surface area contributed by atoms with Crippen molar-refractivity contribution in [3.05, 3.63) is 197 Å². The zero-order valence-corrected chi connectivity index (χ0v) is 45.8. The summed E-state index contributed by atoms with van der Waals surface area (Å²) in [5, 5.41) is 4.93. The summed E-state index contributed by atoms with van der Waals surface area (Å²) in [7, 11) is 0. The Morgan fingerprint density at radius 3 is 1.88 bits per heavy atom. The third-order valence-corrected chi connectivity index (χ3v) is 19.8. The summed E-state index contributed by atoms with van der Waals surface area (Å²) in [6, 6.07) is 61.3. The van der Waals surface area contributed by atoms with Crippen molar-refractivity contribution in [2.24, 2.45) is 0 Å². The topological polar surface area (TPSA) is 21.3 Å². The number of nitrogens with zero attached hydrogens (tertiary/aromatic N) is 2. The number of benzene rings is 9. The lowest BCUT2D eigenvalue weighted by Gasteiger charge is -2.43. The van der Waals surface area contributed by atoms with E-state index in [1.807, 2.05) is 0 Å². The molecule has 0 unspecified atom stereocenters. The number of hydrogen-bond acceptors (Lipinski definition) is 2. The van der Waals surface area contributed by atoms with E-state index in [9.17, 15) is 0 Å². The number of rotatable bonds is 2. The predicted octanol–water partition coefficient (Wildman–Crippen LogP) is 17.8. The molecular formula is C72H63BN2O. The van der Waals surface area contributed by atoms with Gasteiger partial charge in [-0.05, 0) is 167 Å². The molecule has 0 atom stereocenters. The largest absolute Gasteiger partial charge is 0.455 e. The van der Waals surface area contributed by atoms with Crippen LogP contribution in [0.25, 0.3) is 93.9 Å². The van der Waals surface area contributed by atoms with Crippen LogP contribution in [-0.4, -0.2) is 11.4 Å². The van der Waals surface area contributed by atoms with Gasteiger partial charge in [-0.2, -0.15) is 0 Å². The molecule has 11 aromatic rings. The monoisotopic (exact) mass is 983 g/mol. The fourth-order valence-corrected chi connectivity index (χ4v) is 15.4. The highest BCUT2D eigenvalue weighted by Crippen LogP contribution is 2.60. The first-order chi connectivity index (χ1) is 36.3. The average Bonchev–Trinajstić information content (AvgIpc) is 3.88. The van der Waals surface area contributed by atoms with Crippen LogP contribution in [0.4, 0.5) is 11.4 Å². The summed E-state index contributed by atoms with van der Waals surface area (Å²) in [4.78, 5) is 2.75. The number of anilines is 2. The minimum Gasteiger partial charge on any atom is -0.455 e. The minimum atomic E-state index is -0.244.